The maximum atomic E-state index is 13.8. The highest BCUT2D eigenvalue weighted by molar-refractivity contribution is 5.80. The van der Waals surface area contributed by atoms with Crippen LogP contribution in [0.5, 0.6) is 11.5 Å². The Balaban J connectivity index is 2.35. The third-order valence-corrected chi connectivity index (χ3v) is 3.34. The quantitative estimate of drug-likeness (QED) is 0.538. The third-order valence-electron chi connectivity index (χ3n) is 3.34. The van der Waals surface area contributed by atoms with Crippen molar-refractivity contribution in [2.75, 3.05) is 7.11 Å². The van der Waals surface area contributed by atoms with Gasteiger partial charge in [-0.1, -0.05) is 32.1 Å². The van der Waals surface area contributed by atoms with Gasteiger partial charge in [0.2, 0.25) is 0 Å². The molecule has 0 saturated heterocycles. The zero-order valence-electron chi connectivity index (χ0n) is 14.0. The van der Waals surface area contributed by atoms with E-state index in [9.17, 15) is 14.3 Å². The molecule has 1 aromatic rings. The molecule has 0 fully saturated rings. The highest BCUT2D eigenvalue weighted by Gasteiger charge is 2.16. The van der Waals surface area contributed by atoms with Crippen LogP contribution < -0.4 is 10.1 Å². The van der Waals surface area contributed by atoms with Gasteiger partial charge in [0.1, 0.15) is 0 Å². The summed E-state index contributed by atoms with van der Waals surface area (Å²) in [5.41, 5.74) is 0.736. The Hall–Kier alpha value is -2.04. The van der Waals surface area contributed by atoms with Crippen LogP contribution in [0.2, 0.25) is 0 Å². The minimum Gasteiger partial charge on any atom is -0.504 e. The molecule has 1 atom stereocenters. The number of alkyl halides is 1. The monoisotopic (exact) mass is 323 g/mol. The van der Waals surface area contributed by atoms with Crippen molar-refractivity contribution in [1.82, 2.24) is 5.32 Å². The van der Waals surface area contributed by atoms with Gasteiger partial charge in [0, 0.05) is 6.54 Å². The number of carbonyl (C=O) groups is 1. The van der Waals surface area contributed by atoms with Crippen LogP contribution in [0.4, 0.5) is 4.39 Å². The van der Waals surface area contributed by atoms with Crippen molar-refractivity contribution in [2.45, 2.75) is 45.8 Å². The van der Waals surface area contributed by atoms with Gasteiger partial charge in [0.05, 0.1) is 7.11 Å². The summed E-state index contributed by atoms with van der Waals surface area (Å²) in [6, 6.07) is 4.75. The number of benzene rings is 1. The number of hydrogen-bond donors (Lipinski definition) is 2. The second-order valence-corrected chi connectivity index (χ2v) is 5.79. The molecule has 0 unspecified atom stereocenters. The second kappa shape index (κ2) is 9.87. The van der Waals surface area contributed by atoms with E-state index < -0.39 is 12.1 Å². The molecule has 5 heteroatoms. The topological polar surface area (TPSA) is 58.6 Å². The molecule has 0 aliphatic heterocycles. The molecule has 4 nitrogen and oxygen atoms in total. The van der Waals surface area contributed by atoms with Gasteiger partial charge < -0.3 is 15.2 Å². The number of nitrogens with one attached hydrogen (secondary N) is 1. The number of phenols is 1. The Labute approximate surface area is 137 Å². The lowest BCUT2D eigenvalue weighted by molar-refractivity contribution is -0.126. The summed E-state index contributed by atoms with van der Waals surface area (Å²) < 4.78 is 18.8. The maximum Gasteiger partial charge on any atom is 0.254 e. The summed E-state index contributed by atoms with van der Waals surface area (Å²) in [4.78, 5) is 11.7. The van der Waals surface area contributed by atoms with E-state index in [1.165, 1.54) is 13.2 Å². The Morgan fingerprint density at radius 3 is 2.83 bits per heavy atom. The first kappa shape index (κ1) is 19.0. The van der Waals surface area contributed by atoms with Gasteiger partial charge in [0.25, 0.3) is 5.91 Å². The average molecular weight is 323 g/mol. The SMILES string of the molecule is COc1cc(CNC(=O)[C@H](F)CCC/C=C/C(C)C)ccc1O. The highest BCUT2D eigenvalue weighted by Crippen LogP contribution is 2.26. The van der Waals surface area contributed by atoms with Gasteiger partial charge >= 0.3 is 0 Å². The molecule has 0 radical (unpaired) electrons. The third kappa shape index (κ3) is 7.17. The standard InChI is InChI=1S/C18H26FNO3/c1-13(2)7-5-4-6-8-15(19)18(22)20-12-14-9-10-16(21)17(11-14)23-3/h5,7,9-11,13,15,21H,4,6,8,12H2,1-3H3,(H,20,22)/b7-5+/t15-/m1/s1. The molecule has 0 bridgehead atoms. The van der Waals surface area contributed by atoms with Gasteiger partial charge in [-0.3, -0.25) is 4.79 Å². The van der Waals surface area contributed by atoms with Crippen LogP contribution in [0.1, 0.15) is 38.7 Å². The van der Waals surface area contributed by atoms with E-state index in [0.717, 1.165) is 12.0 Å². The van der Waals surface area contributed by atoms with Gasteiger partial charge in [-0.15, -0.1) is 0 Å². The number of amides is 1. The lowest BCUT2D eigenvalue weighted by Crippen LogP contribution is -2.31. The second-order valence-electron chi connectivity index (χ2n) is 5.79. The van der Waals surface area contributed by atoms with Gasteiger partial charge in [-0.05, 0) is 42.9 Å². The summed E-state index contributed by atoms with van der Waals surface area (Å²) >= 11 is 0. The molecule has 23 heavy (non-hydrogen) atoms. The van der Waals surface area contributed by atoms with Crippen molar-refractivity contribution in [3.63, 3.8) is 0 Å². The minimum atomic E-state index is -1.50. The van der Waals surface area contributed by atoms with Crippen LogP contribution in [-0.4, -0.2) is 24.3 Å². The van der Waals surface area contributed by atoms with Crippen molar-refractivity contribution in [2.24, 2.45) is 5.92 Å². The van der Waals surface area contributed by atoms with Crippen LogP contribution in [-0.2, 0) is 11.3 Å². The van der Waals surface area contributed by atoms with Gasteiger partial charge in [-0.25, -0.2) is 4.39 Å². The molecule has 1 aromatic carbocycles. The minimum absolute atomic E-state index is 0.0281. The molecule has 2 N–H and O–H groups in total. The predicted molar refractivity (Wildman–Crippen MR) is 89.2 cm³/mol. The van der Waals surface area contributed by atoms with E-state index in [2.05, 4.69) is 25.2 Å². The van der Waals surface area contributed by atoms with E-state index in [-0.39, 0.29) is 18.7 Å². The number of hydrogen-bond acceptors (Lipinski definition) is 3. The van der Waals surface area contributed by atoms with Crippen LogP contribution in [0, 0.1) is 5.92 Å². The summed E-state index contributed by atoms with van der Waals surface area (Å²) in [7, 11) is 1.45. The first-order chi connectivity index (χ1) is 10.9. The summed E-state index contributed by atoms with van der Waals surface area (Å²) in [6.45, 7) is 4.36. The van der Waals surface area contributed by atoms with E-state index in [1.54, 1.807) is 12.1 Å². The van der Waals surface area contributed by atoms with E-state index >= 15 is 0 Å². The van der Waals surface area contributed by atoms with Gasteiger partial charge in [0.15, 0.2) is 17.7 Å². The number of carbonyl (C=O) groups excluding carboxylic acids is 1. The Morgan fingerprint density at radius 2 is 2.17 bits per heavy atom. The Bertz CT molecular complexity index is 529. The molecule has 1 rings (SSSR count). The molecule has 0 aromatic heterocycles. The van der Waals surface area contributed by atoms with Crippen LogP contribution in [0.3, 0.4) is 0 Å². The largest absolute Gasteiger partial charge is 0.504 e. The molecule has 1 amide bonds. The molecule has 128 valence electrons. The number of unbranched alkanes of at least 4 members (excludes halogenated alkanes) is 1. The fraction of sp³-hybridized carbons (Fsp3) is 0.500. The Kier molecular flexibility index (Phi) is 8.16. The summed E-state index contributed by atoms with van der Waals surface area (Å²) in [6.07, 6.45) is 4.24. The first-order valence-electron chi connectivity index (χ1n) is 7.88. The lowest BCUT2D eigenvalue weighted by Gasteiger charge is -2.10. The van der Waals surface area contributed by atoms with Crippen LogP contribution in [0.25, 0.3) is 0 Å². The molecule has 0 aliphatic carbocycles. The Morgan fingerprint density at radius 1 is 1.43 bits per heavy atom. The molecule has 0 aliphatic rings. The normalized spacial score (nSPS) is 12.6. The fourth-order valence-corrected chi connectivity index (χ4v) is 2.05. The van der Waals surface area contributed by atoms with Crippen molar-refractivity contribution in [1.29, 1.82) is 0 Å². The molecule has 0 spiro atoms. The predicted octanol–water partition coefficient (Wildman–Crippen LogP) is 3.74. The fourth-order valence-electron chi connectivity index (χ4n) is 2.05. The number of methoxy groups -OCH3 is 1. The smallest absolute Gasteiger partial charge is 0.254 e. The van der Waals surface area contributed by atoms with E-state index in [0.29, 0.717) is 18.1 Å². The molecule has 0 heterocycles. The number of allylic oxidation sites excluding steroid dienone is 2. The average Bonchev–Trinajstić information content (AvgIpc) is 2.52. The number of phenolic OH excluding ortho intramolecular Hbond substituents is 1. The number of halogens is 1. The number of rotatable bonds is 9. The molecule has 0 saturated carbocycles. The number of ether oxygens (including phenoxy) is 1. The molecular weight excluding hydrogens is 297 g/mol. The maximum absolute atomic E-state index is 13.8. The summed E-state index contributed by atoms with van der Waals surface area (Å²) in [5.74, 6) is 0.234. The number of aromatic hydroxyl groups is 1. The van der Waals surface area contributed by atoms with Crippen molar-refractivity contribution >= 4 is 5.91 Å². The van der Waals surface area contributed by atoms with Gasteiger partial charge in [-0.2, -0.15) is 0 Å². The van der Waals surface area contributed by atoms with E-state index in [4.69, 9.17) is 4.74 Å². The van der Waals surface area contributed by atoms with E-state index in [1.807, 2.05) is 6.08 Å². The van der Waals surface area contributed by atoms with Crippen LogP contribution >= 0.6 is 0 Å². The van der Waals surface area contributed by atoms with Crippen molar-refractivity contribution in [3.05, 3.63) is 35.9 Å². The van der Waals surface area contributed by atoms with Crippen molar-refractivity contribution in [3.8, 4) is 11.5 Å². The molecular formula is C18H26FNO3. The zero-order valence-corrected chi connectivity index (χ0v) is 14.0. The van der Waals surface area contributed by atoms with Crippen molar-refractivity contribution < 1.29 is 19.0 Å². The zero-order chi connectivity index (χ0) is 17.2. The lowest BCUT2D eigenvalue weighted by atomic mass is 10.1. The summed E-state index contributed by atoms with van der Waals surface area (Å²) in [5, 5.41) is 12.1. The van der Waals surface area contributed by atoms with Crippen LogP contribution in [0.15, 0.2) is 30.4 Å². The first-order valence-corrected chi connectivity index (χ1v) is 7.88. The highest BCUT2D eigenvalue weighted by atomic mass is 19.1.